The monoisotopic (exact) mass is 340 g/mol. The van der Waals surface area contributed by atoms with Crippen molar-refractivity contribution in [1.29, 1.82) is 0 Å². The van der Waals surface area contributed by atoms with Gasteiger partial charge >= 0.3 is 0 Å². The summed E-state index contributed by atoms with van der Waals surface area (Å²) < 4.78 is 0. The van der Waals surface area contributed by atoms with Gasteiger partial charge in [0.1, 0.15) is 0 Å². The molecule has 0 aromatic heterocycles. The van der Waals surface area contributed by atoms with Crippen LogP contribution in [0.1, 0.15) is 34.3 Å². The summed E-state index contributed by atoms with van der Waals surface area (Å²) in [6, 6.07) is 14.9. The average molecular weight is 340 g/mol. The molecule has 0 spiro atoms. The van der Waals surface area contributed by atoms with Crippen LogP contribution in [0, 0.1) is 6.92 Å². The van der Waals surface area contributed by atoms with Crippen LogP contribution in [0.5, 0.6) is 0 Å². The summed E-state index contributed by atoms with van der Waals surface area (Å²) in [7, 11) is 0. The van der Waals surface area contributed by atoms with Crippen molar-refractivity contribution in [3.63, 3.8) is 0 Å². The van der Waals surface area contributed by atoms with Gasteiger partial charge in [-0.3, -0.25) is 9.59 Å². The summed E-state index contributed by atoms with van der Waals surface area (Å²) in [6.07, 6.45) is 1.63. The second kappa shape index (κ2) is 9.59. The van der Waals surface area contributed by atoms with Crippen LogP contribution in [0.2, 0.25) is 0 Å². The lowest BCUT2D eigenvalue weighted by atomic mass is 10.1. The first-order valence-electron chi connectivity index (χ1n) is 8.43. The van der Waals surface area contributed by atoms with Crippen LogP contribution in [0.3, 0.4) is 0 Å². The molecular formula is C20H24N2O3. The number of benzene rings is 2. The summed E-state index contributed by atoms with van der Waals surface area (Å²) in [4.78, 5) is 23.9. The highest BCUT2D eigenvalue weighted by atomic mass is 16.3. The second-order valence-corrected chi connectivity index (χ2v) is 5.95. The number of nitrogens with one attached hydrogen (secondary N) is 2. The van der Waals surface area contributed by atoms with E-state index >= 15 is 0 Å². The highest BCUT2D eigenvalue weighted by Gasteiger charge is 2.07. The highest BCUT2D eigenvalue weighted by molar-refractivity contribution is 5.95. The summed E-state index contributed by atoms with van der Waals surface area (Å²) in [6.45, 7) is 2.52. The topological polar surface area (TPSA) is 78.4 Å². The Kier molecular flexibility index (Phi) is 7.16. The molecule has 2 rings (SSSR count). The van der Waals surface area contributed by atoms with Crippen LogP contribution in [0.4, 0.5) is 5.69 Å². The van der Waals surface area contributed by atoms with E-state index in [2.05, 4.69) is 16.7 Å². The molecule has 132 valence electrons. The van der Waals surface area contributed by atoms with Gasteiger partial charge in [-0.25, -0.2) is 0 Å². The molecule has 0 aliphatic rings. The number of hydrogen-bond donors (Lipinski definition) is 3. The van der Waals surface area contributed by atoms with E-state index < -0.39 is 0 Å². The first kappa shape index (κ1) is 18.7. The number of aliphatic hydroxyl groups excluding tert-OH is 1. The fourth-order valence-electron chi connectivity index (χ4n) is 2.44. The van der Waals surface area contributed by atoms with Crippen molar-refractivity contribution < 1.29 is 14.7 Å². The van der Waals surface area contributed by atoms with Gasteiger partial charge in [-0.15, -0.1) is 0 Å². The minimum absolute atomic E-state index is 0.0494. The Bertz CT molecular complexity index is 711. The van der Waals surface area contributed by atoms with Crippen LogP contribution in [0.15, 0.2) is 48.5 Å². The molecule has 0 heterocycles. The van der Waals surface area contributed by atoms with Gasteiger partial charge in [0, 0.05) is 30.8 Å². The van der Waals surface area contributed by atoms with Gasteiger partial charge in [-0.05, 0) is 49.6 Å². The lowest BCUT2D eigenvalue weighted by Gasteiger charge is -2.08. The third kappa shape index (κ3) is 6.39. The fourth-order valence-corrected chi connectivity index (χ4v) is 2.44. The third-order valence-electron chi connectivity index (χ3n) is 3.77. The third-order valence-corrected chi connectivity index (χ3v) is 3.77. The van der Waals surface area contributed by atoms with Crippen LogP contribution in [-0.2, 0) is 11.2 Å². The molecule has 0 saturated heterocycles. The van der Waals surface area contributed by atoms with E-state index in [1.54, 1.807) is 24.3 Å². The molecule has 0 atom stereocenters. The maximum atomic E-state index is 12.0. The van der Waals surface area contributed by atoms with E-state index in [0.29, 0.717) is 37.1 Å². The van der Waals surface area contributed by atoms with Crippen molar-refractivity contribution in [2.45, 2.75) is 26.2 Å². The van der Waals surface area contributed by atoms with E-state index in [-0.39, 0.29) is 18.4 Å². The molecule has 5 heteroatoms. The standard InChI is InChI=1S/C20H24N2O3/c1-15-4-2-5-16(14-15)6-11-19(24)22-18-9-7-17(8-10-18)20(25)21-12-3-13-23/h2,4-5,7-10,14,23H,3,6,11-13H2,1H3,(H,21,25)(H,22,24). The SMILES string of the molecule is Cc1cccc(CCC(=O)Nc2ccc(C(=O)NCCCO)cc2)c1. The van der Waals surface area contributed by atoms with Crippen molar-refractivity contribution in [2.24, 2.45) is 0 Å². The molecule has 0 saturated carbocycles. The summed E-state index contributed by atoms with van der Waals surface area (Å²) in [5.74, 6) is -0.243. The van der Waals surface area contributed by atoms with Gasteiger partial charge in [0.2, 0.25) is 5.91 Å². The van der Waals surface area contributed by atoms with Crippen molar-refractivity contribution in [3.8, 4) is 0 Å². The van der Waals surface area contributed by atoms with Gasteiger partial charge in [0.05, 0.1) is 0 Å². The van der Waals surface area contributed by atoms with Crippen molar-refractivity contribution in [3.05, 3.63) is 65.2 Å². The highest BCUT2D eigenvalue weighted by Crippen LogP contribution is 2.11. The Hall–Kier alpha value is -2.66. The Morgan fingerprint density at radius 3 is 2.52 bits per heavy atom. The quantitative estimate of drug-likeness (QED) is 0.647. The molecular weight excluding hydrogens is 316 g/mol. The van der Waals surface area contributed by atoms with Crippen LogP contribution in [-0.4, -0.2) is 30.1 Å². The molecule has 5 nitrogen and oxygen atoms in total. The minimum atomic E-state index is -0.189. The summed E-state index contributed by atoms with van der Waals surface area (Å²) in [5, 5.41) is 14.3. The number of amides is 2. The Labute approximate surface area is 148 Å². The normalized spacial score (nSPS) is 10.3. The van der Waals surface area contributed by atoms with Gasteiger partial charge in [0.15, 0.2) is 0 Å². The van der Waals surface area contributed by atoms with Gasteiger partial charge in [-0.2, -0.15) is 0 Å². The molecule has 3 N–H and O–H groups in total. The molecule has 0 unspecified atom stereocenters. The molecule has 25 heavy (non-hydrogen) atoms. The number of anilines is 1. The number of carbonyl (C=O) groups excluding carboxylic acids is 2. The van der Waals surface area contributed by atoms with E-state index in [4.69, 9.17) is 5.11 Å². The minimum Gasteiger partial charge on any atom is -0.396 e. The lowest BCUT2D eigenvalue weighted by molar-refractivity contribution is -0.116. The maximum absolute atomic E-state index is 12.0. The molecule has 2 aromatic rings. The molecule has 0 radical (unpaired) electrons. The maximum Gasteiger partial charge on any atom is 0.251 e. The van der Waals surface area contributed by atoms with E-state index in [1.807, 2.05) is 25.1 Å². The predicted molar refractivity (Wildman–Crippen MR) is 98.6 cm³/mol. The van der Waals surface area contributed by atoms with Crippen molar-refractivity contribution >= 4 is 17.5 Å². The van der Waals surface area contributed by atoms with E-state index in [9.17, 15) is 9.59 Å². The molecule has 2 aromatic carbocycles. The van der Waals surface area contributed by atoms with Crippen molar-refractivity contribution in [2.75, 3.05) is 18.5 Å². The summed E-state index contributed by atoms with van der Waals surface area (Å²) >= 11 is 0. The zero-order valence-corrected chi connectivity index (χ0v) is 14.4. The molecule has 0 aliphatic carbocycles. The van der Waals surface area contributed by atoms with Gasteiger partial charge in [0.25, 0.3) is 5.91 Å². The average Bonchev–Trinajstić information content (AvgIpc) is 2.61. The zero-order chi connectivity index (χ0) is 18.1. The predicted octanol–water partition coefficient (Wildman–Crippen LogP) is 2.68. The van der Waals surface area contributed by atoms with Crippen LogP contribution >= 0.6 is 0 Å². The number of rotatable bonds is 8. The Morgan fingerprint density at radius 1 is 1.08 bits per heavy atom. The number of hydrogen-bond acceptors (Lipinski definition) is 3. The van der Waals surface area contributed by atoms with Crippen LogP contribution in [0.25, 0.3) is 0 Å². The van der Waals surface area contributed by atoms with Gasteiger partial charge in [-0.1, -0.05) is 29.8 Å². The van der Waals surface area contributed by atoms with E-state index in [0.717, 1.165) is 5.56 Å². The smallest absolute Gasteiger partial charge is 0.251 e. The van der Waals surface area contributed by atoms with Crippen LogP contribution < -0.4 is 10.6 Å². The Balaban J connectivity index is 1.81. The molecule has 0 fully saturated rings. The van der Waals surface area contributed by atoms with Gasteiger partial charge < -0.3 is 15.7 Å². The first-order chi connectivity index (χ1) is 12.1. The number of aliphatic hydroxyl groups is 1. The molecule has 0 bridgehead atoms. The molecule has 2 amide bonds. The number of aryl methyl sites for hydroxylation is 2. The summed E-state index contributed by atoms with van der Waals surface area (Å²) in [5.41, 5.74) is 3.52. The molecule has 0 aliphatic heterocycles. The largest absolute Gasteiger partial charge is 0.396 e. The lowest BCUT2D eigenvalue weighted by Crippen LogP contribution is -2.25. The fraction of sp³-hybridized carbons (Fsp3) is 0.300. The Morgan fingerprint density at radius 2 is 1.84 bits per heavy atom. The first-order valence-corrected chi connectivity index (χ1v) is 8.43. The van der Waals surface area contributed by atoms with Crippen molar-refractivity contribution in [1.82, 2.24) is 5.32 Å². The second-order valence-electron chi connectivity index (χ2n) is 5.95. The zero-order valence-electron chi connectivity index (χ0n) is 14.4. The van der Waals surface area contributed by atoms with E-state index in [1.165, 1.54) is 5.56 Å². The number of carbonyl (C=O) groups is 2.